The Balaban J connectivity index is 2.22. The van der Waals surface area contributed by atoms with E-state index in [2.05, 4.69) is 13.0 Å². The lowest BCUT2D eigenvalue weighted by Crippen LogP contribution is -2.34. The molecule has 3 heteroatoms. The van der Waals surface area contributed by atoms with Gasteiger partial charge in [-0.1, -0.05) is 67.9 Å². The Morgan fingerprint density at radius 2 is 1.54 bits per heavy atom. The van der Waals surface area contributed by atoms with E-state index in [9.17, 15) is 5.11 Å². The fourth-order valence-electron chi connectivity index (χ4n) is 3.32. The van der Waals surface area contributed by atoms with Crippen LogP contribution in [0.25, 0.3) is 21.9 Å². The van der Waals surface area contributed by atoms with Crippen LogP contribution in [0, 0.1) is 0 Å². The van der Waals surface area contributed by atoms with E-state index < -0.39 is 0 Å². The third-order valence-corrected chi connectivity index (χ3v) is 4.57. The van der Waals surface area contributed by atoms with E-state index in [1.807, 2.05) is 54.6 Å². The predicted molar refractivity (Wildman–Crippen MR) is 101 cm³/mol. The molecule has 3 nitrogen and oxygen atoms in total. The highest BCUT2D eigenvalue weighted by atomic mass is 16.3. The molecule has 0 fully saturated rings. The van der Waals surface area contributed by atoms with Crippen LogP contribution in [0.1, 0.15) is 31.4 Å². The van der Waals surface area contributed by atoms with Gasteiger partial charge in [0.25, 0.3) is 0 Å². The summed E-state index contributed by atoms with van der Waals surface area (Å²) in [4.78, 5) is 0. The molecule has 0 spiro atoms. The van der Waals surface area contributed by atoms with Crippen molar-refractivity contribution in [2.45, 2.75) is 31.8 Å². The van der Waals surface area contributed by atoms with Gasteiger partial charge in [-0.2, -0.15) is 0 Å². The Bertz CT molecular complexity index is 830. The number of hydrogen-bond donors (Lipinski definition) is 3. The molecule has 0 bridgehead atoms. The van der Waals surface area contributed by atoms with Gasteiger partial charge in [-0.05, 0) is 34.4 Å². The maximum Gasteiger partial charge on any atom is 0.121 e. The van der Waals surface area contributed by atoms with Crippen LogP contribution in [-0.2, 0) is 0 Å². The number of aromatic hydroxyl groups is 1. The molecule has 5 N–H and O–H groups in total. The van der Waals surface area contributed by atoms with Gasteiger partial charge in [-0.3, -0.25) is 0 Å². The molecular formula is C21H24N2O. The average Bonchev–Trinajstić information content (AvgIpc) is 2.61. The van der Waals surface area contributed by atoms with Crippen LogP contribution in [0.2, 0.25) is 0 Å². The molecule has 2 atom stereocenters. The zero-order chi connectivity index (χ0) is 17.1. The summed E-state index contributed by atoms with van der Waals surface area (Å²) in [5.74, 6) is 0.214. The normalized spacial score (nSPS) is 13.8. The molecule has 3 rings (SSSR count). The first-order valence-electron chi connectivity index (χ1n) is 8.44. The van der Waals surface area contributed by atoms with Crippen LogP contribution >= 0.6 is 0 Å². The summed E-state index contributed by atoms with van der Waals surface area (Å²) >= 11 is 0. The number of fused-ring (bicyclic) bond motifs is 1. The van der Waals surface area contributed by atoms with Crippen LogP contribution < -0.4 is 11.5 Å². The molecule has 0 amide bonds. The van der Waals surface area contributed by atoms with Crippen LogP contribution in [0.3, 0.4) is 0 Å². The Morgan fingerprint density at radius 1 is 0.917 bits per heavy atom. The van der Waals surface area contributed by atoms with E-state index in [4.69, 9.17) is 11.5 Å². The minimum atomic E-state index is -0.389. The van der Waals surface area contributed by atoms with Crippen molar-refractivity contribution in [1.82, 2.24) is 0 Å². The summed E-state index contributed by atoms with van der Waals surface area (Å²) in [6.07, 6.45) is 1.80. The quantitative estimate of drug-likeness (QED) is 0.655. The lowest BCUT2D eigenvalue weighted by Gasteiger charge is -2.23. The molecule has 0 radical (unpaired) electrons. The molecule has 0 aliphatic heterocycles. The number of benzene rings is 3. The Morgan fingerprint density at radius 3 is 2.21 bits per heavy atom. The summed E-state index contributed by atoms with van der Waals surface area (Å²) in [5.41, 5.74) is 15.4. The van der Waals surface area contributed by atoms with Crippen molar-refractivity contribution in [3.8, 4) is 16.9 Å². The molecule has 24 heavy (non-hydrogen) atoms. The Labute approximate surface area is 142 Å². The van der Waals surface area contributed by atoms with Gasteiger partial charge in [0.15, 0.2) is 0 Å². The largest absolute Gasteiger partial charge is 0.508 e. The van der Waals surface area contributed by atoms with Gasteiger partial charge in [0.05, 0.1) is 0 Å². The summed E-state index contributed by atoms with van der Waals surface area (Å²) < 4.78 is 0. The van der Waals surface area contributed by atoms with E-state index in [-0.39, 0.29) is 17.8 Å². The first-order chi connectivity index (χ1) is 11.6. The van der Waals surface area contributed by atoms with Gasteiger partial charge in [-0.25, -0.2) is 0 Å². The second kappa shape index (κ2) is 7.04. The summed E-state index contributed by atoms with van der Waals surface area (Å²) in [6, 6.07) is 19.4. The monoisotopic (exact) mass is 320 g/mol. The SMILES string of the molecule is CCCC(N)C(N)c1c(O)cc(-c2ccccc2)c2ccccc12. The van der Waals surface area contributed by atoms with Gasteiger partial charge in [0.2, 0.25) is 0 Å². The molecule has 2 unspecified atom stereocenters. The first-order valence-corrected chi connectivity index (χ1v) is 8.44. The molecule has 124 valence electrons. The van der Waals surface area contributed by atoms with E-state index in [0.717, 1.165) is 40.3 Å². The number of phenols is 1. The maximum atomic E-state index is 10.7. The van der Waals surface area contributed by atoms with E-state index in [1.165, 1.54) is 0 Å². The first kappa shape index (κ1) is 16.5. The maximum absolute atomic E-state index is 10.7. The smallest absolute Gasteiger partial charge is 0.121 e. The third-order valence-electron chi connectivity index (χ3n) is 4.57. The lowest BCUT2D eigenvalue weighted by atomic mass is 9.88. The Hall–Kier alpha value is -2.36. The third kappa shape index (κ3) is 3.01. The van der Waals surface area contributed by atoms with Crippen LogP contribution in [0.4, 0.5) is 0 Å². The Kier molecular flexibility index (Phi) is 4.84. The molecular weight excluding hydrogens is 296 g/mol. The average molecular weight is 320 g/mol. The second-order valence-electron chi connectivity index (χ2n) is 6.25. The predicted octanol–water partition coefficient (Wildman–Crippen LogP) is 4.34. The fraction of sp³-hybridized carbons (Fsp3) is 0.238. The zero-order valence-corrected chi connectivity index (χ0v) is 13.9. The summed E-state index contributed by atoms with van der Waals surface area (Å²) in [7, 11) is 0. The van der Waals surface area contributed by atoms with Crippen LogP contribution in [0.15, 0.2) is 60.7 Å². The van der Waals surface area contributed by atoms with Gasteiger partial charge in [0.1, 0.15) is 5.75 Å². The van der Waals surface area contributed by atoms with Gasteiger partial charge in [-0.15, -0.1) is 0 Å². The number of nitrogens with two attached hydrogens (primary N) is 2. The minimum Gasteiger partial charge on any atom is -0.508 e. The standard InChI is InChI=1S/C21H24N2O/c1-2-8-18(22)21(23)20-16-12-7-6-11-15(16)17(13-19(20)24)14-9-4-3-5-10-14/h3-7,9-13,18,21,24H,2,8,22-23H2,1H3. The van der Waals surface area contributed by atoms with Crippen molar-refractivity contribution >= 4 is 10.8 Å². The van der Waals surface area contributed by atoms with Gasteiger partial charge >= 0.3 is 0 Å². The highest BCUT2D eigenvalue weighted by Crippen LogP contribution is 2.39. The number of hydrogen-bond acceptors (Lipinski definition) is 3. The molecule has 0 saturated heterocycles. The van der Waals surface area contributed by atoms with Crippen molar-refractivity contribution in [3.05, 3.63) is 66.2 Å². The molecule has 0 aliphatic carbocycles. The van der Waals surface area contributed by atoms with Crippen LogP contribution in [0.5, 0.6) is 5.75 Å². The fourth-order valence-corrected chi connectivity index (χ4v) is 3.32. The van der Waals surface area contributed by atoms with E-state index in [0.29, 0.717) is 0 Å². The van der Waals surface area contributed by atoms with Crippen molar-refractivity contribution in [2.75, 3.05) is 0 Å². The topological polar surface area (TPSA) is 72.3 Å². The summed E-state index contributed by atoms with van der Waals surface area (Å²) in [6.45, 7) is 2.09. The molecule has 0 aromatic heterocycles. The molecule has 3 aromatic rings. The van der Waals surface area contributed by atoms with Gasteiger partial charge < -0.3 is 16.6 Å². The molecule has 0 saturated carbocycles. The minimum absolute atomic E-state index is 0.174. The van der Waals surface area contributed by atoms with Crippen LogP contribution in [-0.4, -0.2) is 11.1 Å². The zero-order valence-electron chi connectivity index (χ0n) is 13.9. The van der Waals surface area contributed by atoms with Gasteiger partial charge in [0, 0.05) is 17.6 Å². The number of rotatable bonds is 5. The van der Waals surface area contributed by atoms with E-state index >= 15 is 0 Å². The van der Waals surface area contributed by atoms with Crippen molar-refractivity contribution < 1.29 is 5.11 Å². The second-order valence-corrected chi connectivity index (χ2v) is 6.25. The highest BCUT2D eigenvalue weighted by Gasteiger charge is 2.22. The van der Waals surface area contributed by atoms with E-state index in [1.54, 1.807) is 0 Å². The summed E-state index contributed by atoms with van der Waals surface area (Å²) in [5, 5.41) is 12.7. The lowest BCUT2D eigenvalue weighted by molar-refractivity contribution is 0.444. The molecule has 0 aliphatic rings. The van der Waals surface area contributed by atoms with Crippen molar-refractivity contribution in [2.24, 2.45) is 11.5 Å². The molecule has 0 heterocycles. The van der Waals surface area contributed by atoms with Crippen molar-refractivity contribution in [1.29, 1.82) is 0 Å². The highest BCUT2D eigenvalue weighted by molar-refractivity contribution is 6.00. The molecule has 3 aromatic carbocycles. The van der Waals surface area contributed by atoms with Crippen molar-refractivity contribution in [3.63, 3.8) is 0 Å². The number of phenolic OH excluding ortho intramolecular Hbond substituents is 1.